The summed E-state index contributed by atoms with van der Waals surface area (Å²) in [5.74, 6) is 2.16. The number of carbonyl (C=O) groups is 1. The van der Waals surface area contributed by atoms with Gasteiger partial charge < -0.3 is 23.8 Å². The number of hydrogen-bond acceptors (Lipinski definition) is 6. The number of methoxy groups -OCH3 is 3. The lowest BCUT2D eigenvalue weighted by atomic mass is 9.93. The highest BCUT2D eigenvalue weighted by Crippen LogP contribution is 2.31. The van der Waals surface area contributed by atoms with Crippen LogP contribution in [0, 0.1) is 0 Å². The fourth-order valence-corrected chi connectivity index (χ4v) is 5.29. The maximum Gasteiger partial charge on any atom is 0.257 e. The van der Waals surface area contributed by atoms with Crippen LogP contribution in [0.15, 0.2) is 42.5 Å². The molecule has 0 aromatic heterocycles. The minimum absolute atomic E-state index is 0.0135. The Morgan fingerprint density at radius 3 is 2.60 bits per heavy atom. The normalized spacial score (nSPS) is 22.0. The topological polar surface area (TPSA) is 60.5 Å². The Morgan fingerprint density at radius 1 is 0.943 bits per heavy atom. The minimum atomic E-state index is 0.0135. The Kier molecular flexibility index (Phi) is 8.88. The number of nitrogens with zero attached hydrogens (tertiary/aromatic N) is 2. The van der Waals surface area contributed by atoms with Gasteiger partial charge in [0, 0.05) is 38.4 Å². The number of benzene rings is 2. The first-order valence-electron chi connectivity index (χ1n) is 12.6. The van der Waals surface area contributed by atoms with Crippen LogP contribution in [0.5, 0.6) is 17.2 Å². The van der Waals surface area contributed by atoms with Crippen molar-refractivity contribution in [3.8, 4) is 17.2 Å². The van der Waals surface area contributed by atoms with E-state index in [1.165, 1.54) is 0 Å². The van der Waals surface area contributed by atoms with Gasteiger partial charge in [-0.15, -0.1) is 0 Å². The summed E-state index contributed by atoms with van der Waals surface area (Å²) >= 11 is 0. The van der Waals surface area contributed by atoms with E-state index in [1.54, 1.807) is 21.3 Å². The first kappa shape index (κ1) is 25.3. The van der Waals surface area contributed by atoms with Crippen molar-refractivity contribution in [2.45, 2.75) is 50.8 Å². The molecule has 190 valence electrons. The second kappa shape index (κ2) is 12.3. The molecule has 0 bridgehead atoms. The SMILES string of the molecule is COc1ccc2c(c1)OCCN(Cc1ccccc1OC)CCCC[C@@H]1[C@H](OC)CCCN1C2=O. The molecule has 0 N–H and O–H groups in total. The molecule has 0 radical (unpaired) electrons. The van der Waals surface area contributed by atoms with E-state index >= 15 is 0 Å². The summed E-state index contributed by atoms with van der Waals surface area (Å²) in [6, 6.07) is 13.7. The van der Waals surface area contributed by atoms with Gasteiger partial charge in [-0.2, -0.15) is 0 Å². The molecular formula is C28H38N2O5. The zero-order valence-corrected chi connectivity index (χ0v) is 21.2. The van der Waals surface area contributed by atoms with Crippen LogP contribution in [-0.2, 0) is 11.3 Å². The van der Waals surface area contributed by atoms with Crippen LogP contribution in [0.3, 0.4) is 0 Å². The molecule has 1 fully saturated rings. The van der Waals surface area contributed by atoms with E-state index in [-0.39, 0.29) is 18.1 Å². The molecule has 0 aliphatic carbocycles. The summed E-state index contributed by atoms with van der Waals surface area (Å²) in [7, 11) is 5.10. The molecular weight excluding hydrogens is 444 g/mol. The zero-order valence-electron chi connectivity index (χ0n) is 21.2. The second-order valence-electron chi connectivity index (χ2n) is 9.28. The molecule has 0 saturated carbocycles. The number of piperidine rings is 1. The molecule has 2 aromatic carbocycles. The summed E-state index contributed by atoms with van der Waals surface area (Å²) in [5.41, 5.74) is 1.75. The van der Waals surface area contributed by atoms with E-state index in [2.05, 4.69) is 11.0 Å². The van der Waals surface area contributed by atoms with Gasteiger partial charge in [-0.1, -0.05) is 24.6 Å². The number of fused-ring (bicyclic) bond motifs is 2. The number of ether oxygens (including phenoxy) is 4. The lowest BCUT2D eigenvalue weighted by molar-refractivity contribution is -0.0155. The lowest BCUT2D eigenvalue weighted by Crippen LogP contribution is -2.51. The molecule has 2 heterocycles. The van der Waals surface area contributed by atoms with Gasteiger partial charge in [-0.05, 0) is 50.4 Å². The third-order valence-electron chi connectivity index (χ3n) is 7.18. The van der Waals surface area contributed by atoms with Gasteiger partial charge in [0.15, 0.2) is 0 Å². The summed E-state index contributed by atoms with van der Waals surface area (Å²) < 4.78 is 23.1. The highest BCUT2D eigenvalue weighted by Gasteiger charge is 2.35. The van der Waals surface area contributed by atoms with Gasteiger partial charge in [-0.3, -0.25) is 9.69 Å². The highest BCUT2D eigenvalue weighted by atomic mass is 16.5. The largest absolute Gasteiger partial charge is 0.497 e. The number of amides is 1. The molecule has 1 amide bonds. The predicted octanol–water partition coefficient (Wildman–Crippen LogP) is 4.39. The fourth-order valence-electron chi connectivity index (χ4n) is 5.29. The number of hydrogen-bond donors (Lipinski definition) is 0. The first-order chi connectivity index (χ1) is 17.1. The van der Waals surface area contributed by atoms with Crippen molar-refractivity contribution in [1.29, 1.82) is 0 Å². The molecule has 7 heteroatoms. The van der Waals surface area contributed by atoms with E-state index in [0.717, 1.165) is 69.6 Å². The van der Waals surface area contributed by atoms with Crippen LogP contribution >= 0.6 is 0 Å². The molecule has 7 nitrogen and oxygen atoms in total. The van der Waals surface area contributed by atoms with Gasteiger partial charge in [0.25, 0.3) is 5.91 Å². The van der Waals surface area contributed by atoms with Crippen molar-refractivity contribution in [2.75, 3.05) is 47.6 Å². The molecule has 1 saturated heterocycles. The first-order valence-corrected chi connectivity index (χ1v) is 12.6. The van der Waals surface area contributed by atoms with Gasteiger partial charge in [0.1, 0.15) is 23.9 Å². The third kappa shape index (κ3) is 6.08. The highest BCUT2D eigenvalue weighted by molar-refractivity contribution is 5.97. The van der Waals surface area contributed by atoms with Crippen molar-refractivity contribution < 1.29 is 23.7 Å². The van der Waals surface area contributed by atoms with Crippen LogP contribution in [0.1, 0.15) is 48.0 Å². The molecule has 0 unspecified atom stereocenters. The maximum absolute atomic E-state index is 13.7. The van der Waals surface area contributed by atoms with Gasteiger partial charge in [0.05, 0.1) is 31.9 Å². The van der Waals surface area contributed by atoms with E-state index in [4.69, 9.17) is 18.9 Å². The van der Waals surface area contributed by atoms with Crippen molar-refractivity contribution in [3.05, 3.63) is 53.6 Å². The smallest absolute Gasteiger partial charge is 0.257 e. The van der Waals surface area contributed by atoms with Crippen LogP contribution in [0.2, 0.25) is 0 Å². The Bertz CT molecular complexity index is 982. The van der Waals surface area contributed by atoms with Gasteiger partial charge in [-0.25, -0.2) is 0 Å². The second-order valence-corrected chi connectivity index (χ2v) is 9.28. The summed E-state index contributed by atoms with van der Waals surface area (Å²) in [5, 5.41) is 0. The molecule has 2 atom stereocenters. The lowest BCUT2D eigenvalue weighted by Gasteiger charge is -2.41. The maximum atomic E-state index is 13.7. The van der Waals surface area contributed by atoms with E-state index in [9.17, 15) is 4.79 Å². The van der Waals surface area contributed by atoms with Crippen molar-refractivity contribution >= 4 is 5.91 Å². The van der Waals surface area contributed by atoms with Crippen LogP contribution in [0.4, 0.5) is 0 Å². The third-order valence-corrected chi connectivity index (χ3v) is 7.18. The molecule has 35 heavy (non-hydrogen) atoms. The minimum Gasteiger partial charge on any atom is -0.497 e. The zero-order chi connectivity index (χ0) is 24.6. The summed E-state index contributed by atoms with van der Waals surface area (Å²) in [4.78, 5) is 18.2. The van der Waals surface area contributed by atoms with Crippen molar-refractivity contribution in [3.63, 3.8) is 0 Å². The van der Waals surface area contributed by atoms with E-state index in [0.29, 0.717) is 23.7 Å². The Morgan fingerprint density at radius 2 is 1.80 bits per heavy atom. The Labute approximate surface area is 208 Å². The predicted molar refractivity (Wildman–Crippen MR) is 135 cm³/mol. The Hall–Kier alpha value is -2.77. The molecule has 2 aliphatic heterocycles. The van der Waals surface area contributed by atoms with Gasteiger partial charge in [0.2, 0.25) is 0 Å². The number of carbonyl (C=O) groups excluding carboxylic acids is 1. The monoisotopic (exact) mass is 482 g/mol. The summed E-state index contributed by atoms with van der Waals surface area (Å²) in [6.07, 6.45) is 5.00. The number of rotatable bonds is 5. The summed E-state index contributed by atoms with van der Waals surface area (Å²) in [6.45, 7) is 3.70. The molecule has 2 aliphatic rings. The van der Waals surface area contributed by atoms with Crippen LogP contribution in [-0.4, -0.2) is 75.4 Å². The quantitative estimate of drug-likeness (QED) is 0.630. The molecule has 2 aromatic rings. The number of para-hydroxylation sites is 1. The molecule has 4 rings (SSSR count). The van der Waals surface area contributed by atoms with Gasteiger partial charge >= 0.3 is 0 Å². The Balaban J connectivity index is 1.60. The van der Waals surface area contributed by atoms with Crippen molar-refractivity contribution in [1.82, 2.24) is 9.80 Å². The standard InChI is InChI=1S/C28H38N2O5/c1-32-22-13-14-23-27(19-22)35-18-17-29(20-21-9-4-5-11-25(21)33-2)15-7-6-10-24-26(34-3)12-8-16-30(24)28(23)31/h4-5,9,11,13-14,19,24,26H,6-8,10,12,15-18,20H2,1-3H3/t24-,26-/m1/s1. The van der Waals surface area contributed by atoms with Crippen LogP contribution < -0.4 is 14.2 Å². The van der Waals surface area contributed by atoms with Crippen LogP contribution in [0.25, 0.3) is 0 Å². The van der Waals surface area contributed by atoms with E-state index < -0.39 is 0 Å². The average molecular weight is 483 g/mol. The van der Waals surface area contributed by atoms with E-state index in [1.807, 2.05) is 41.3 Å². The molecule has 0 spiro atoms. The van der Waals surface area contributed by atoms with Crippen molar-refractivity contribution in [2.24, 2.45) is 0 Å². The average Bonchev–Trinajstić information content (AvgIpc) is 2.91. The fraction of sp³-hybridized carbons (Fsp3) is 0.536.